The lowest BCUT2D eigenvalue weighted by molar-refractivity contribution is -0.385. The number of thiophene rings is 1. The summed E-state index contributed by atoms with van der Waals surface area (Å²) in [6.07, 6.45) is 0. The molecule has 0 aliphatic rings. The number of non-ortho nitro benzene ring substituents is 1. The second-order valence-corrected chi connectivity index (χ2v) is 5.91. The minimum absolute atomic E-state index is 0.0196. The van der Waals surface area contributed by atoms with Crippen LogP contribution in [0.2, 0.25) is 0 Å². The van der Waals surface area contributed by atoms with E-state index in [0.717, 1.165) is 9.75 Å². The molecule has 0 unspecified atom stereocenters. The first-order valence-corrected chi connectivity index (χ1v) is 7.46. The van der Waals surface area contributed by atoms with Gasteiger partial charge in [-0.1, -0.05) is 11.8 Å². The van der Waals surface area contributed by atoms with Crippen LogP contribution in [0, 0.1) is 22.0 Å². The van der Waals surface area contributed by atoms with Gasteiger partial charge in [-0.05, 0) is 34.1 Å². The average Bonchev–Trinajstić information content (AvgIpc) is 2.92. The van der Waals surface area contributed by atoms with E-state index in [9.17, 15) is 10.1 Å². The normalized spacial score (nSPS) is 9.81. The Hall–Kier alpha value is -1.88. The number of hydrogen-bond acceptors (Lipinski definition) is 5. The Kier molecular flexibility index (Phi) is 5.33. The second kappa shape index (κ2) is 7.22. The fraction of sp³-hybridized carbons (Fsp3) is 0.143. The highest BCUT2D eigenvalue weighted by molar-refractivity contribution is 9.10. The smallest absolute Gasteiger partial charge is 0.273 e. The van der Waals surface area contributed by atoms with Gasteiger partial charge in [-0.2, -0.15) is 0 Å². The molecule has 21 heavy (non-hydrogen) atoms. The summed E-state index contributed by atoms with van der Waals surface area (Å²) < 4.78 is 6.25. The molecule has 0 saturated carbocycles. The van der Waals surface area contributed by atoms with Gasteiger partial charge in [0.2, 0.25) is 0 Å². The molecule has 0 aliphatic carbocycles. The molecule has 2 aromatic rings. The molecule has 1 heterocycles. The lowest BCUT2D eigenvalue weighted by atomic mass is 10.3. The fourth-order valence-corrected chi connectivity index (χ4v) is 2.67. The largest absolute Gasteiger partial charge is 0.487 e. The van der Waals surface area contributed by atoms with Crippen molar-refractivity contribution >= 4 is 33.0 Å². The van der Waals surface area contributed by atoms with E-state index >= 15 is 0 Å². The molecule has 0 fully saturated rings. The summed E-state index contributed by atoms with van der Waals surface area (Å²) in [5.74, 6) is 5.80. The standard InChI is InChI=1S/C14H10BrNO4S/c15-13-6-3-10(16(18)19)8-14(13)20-9-12-5-4-11(21-12)2-1-7-17/h3-6,8,17H,7,9H2. The summed E-state index contributed by atoms with van der Waals surface area (Å²) in [5, 5.41) is 19.4. The number of aliphatic hydroxyl groups excluding tert-OH is 1. The van der Waals surface area contributed by atoms with Gasteiger partial charge in [0.15, 0.2) is 0 Å². The molecular formula is C14H10BrNO4S. The van der Waals surface area contributed by atoms with Crippen LogP contribution in [0.15, 0.2) is 34.8 Å². The first-order chi connectivity index (χ1) is 10.1. The Morgan fingerprint density at radius 1 is 1.38 bits per heavy atom. The van der Waals surface area contributed by atoms with Crippen molar-refractivity contribution in [2.24, 2.45) is 0 Å². The van der Waals surface area contributed by atoms with Gasteiger partial charge in [0.1, 0.15) is 19.0 Å². The highest BCUT2D eigenvalue weighted by Crippen LogP contribution is 2.30. The minimum Gasteiger partial charge on any atom is -0.487 e. The molecule has 0 spiro atoms. The van der Waals surface area contributed by atoms with Gasteiger partial charge in [-0.25, -0.2) is 0 Å². The lowest BCUT2D eigenvalue weighted by Crippen LogP contribution is -1.95. The number of benzene rings is 1. The molecule has 1 aromatic heterocycles. The van der Waals surface area contributed by atoms with E-state index in [0.29, 0.717) is 16.8 Å². The van der Waals surface area contributed by atoms with Crippen LogP contribution in [0.4, 0.5) is 5.69 Å². The Balaban J connectivity index is 2.07. The third-order valence-electron chi connectivity index (χ3n) is 2.45. The van der Waals surface area contributed by atoms with E-state index in [1.165, 1.54) is 23.5 Å². The van der Waals surface area contributed by atoms with E-state index in [2.05, 4.69) is 27.8 Å². The highest BCUT2D eigenvalue weighted by Gasteiger charge is 2.11. The Labute approximate surface area is 133 Å². The Bertz CT molecular complexity index is 717. The number of nitro benzene ring substituents is 1. The van der Waals surface area contributed by atoms with Gasteiger partial charge in [-0.15, -0.1) is 11.3 Å². The Morgan fingerprint density at radius 3 is 2.90 bits per heavy atom. The topological polar surface area (TPSA) is 72.6 Å². The Morgan fingerprint density at radius 2 is 2.19 bits per heavy atom. The molecule has 0 amide bonds. The van der Waals surface area contributed by atoms with Crippen molar-refractivity contribution < 1.29 is 14.8 Å². The summed E-state index contributed by atoms with van der Waals surface area (Å²) in [6, 6.07) is 8.08. The predicted octanol–water partition coefficient (Wildman–Crippen LogP) is 3.34. The first kappa shape index (κ1) is 15.5. The molecule has 0 radical (unpaired) electrons. The summed E-state index contributed by atoms with van der Waals surface area (Å²) in [6.45, 7) is 0.121. The molecule has 0 aliphatic heterocycles. The molecule has 108 valence electrons. The molecule has 1 aromatic carbocycles. The van der Waals surface area contributed by atoms with Crippen molar-refractivity contribution in [3.05, 3.63) is 54.7 Å². The summed E-state index contributed by atoms with van der Waals surface area (Å²) in [5.41, 5.74) is -0.0196. The lowest BCUT2D eigenvalue weighted by Gasteiger charge is -2.06. The zero-order chi connectivity index (χ0) is 15.2. The summed E-state index contributed by atoms with van der Waals surface area (Å²) >= 11 is 4.75. The molecule has 2 rings (SSSR count). The molecule has 0 saturated heterocycles. The maximum Gasteiger partial charge on any atom is 0.273 e. The van der Waals surface area contributed by atoms with Gasteiger partial charge >= 0.3 is 0 Å². The molecule has 5 nitrogen and oxygen atoms in total. The van der Waals surface area contributed by atoms with E-state index in [1.807, 2.05) is 12.1 Å². The SMILES string of the molecule is O=[N+]([O-])c1ccc(Br)c(OCc2ccc(C#CCO)s2)c1. The molecule has 0 bridgehead atoms. The van der Waals surface area contributed by atoms with Crippen molar-refractivity contribution in [2.75, 3.05) is 6.61 Å². The van der Waals surface area contributed by atoms with Crippen LogP contribution in [-0.4, -0.2) is 16.6 Å². The summed E-state index contributed by atoms with van der Waals surface area (Å²) in [7, 11) is 0. The number of rotatable bonds is 4. The maximum atomic E-state index is 10.7. The van der Waals surface area contributed by atoms with Crippen LogP contribution < -0.4 is 4.74 Å². The summed E-state index contributed by atoms with van der Waals surface area (Å²) in [4.78, 5) is 12.1. The van der Waals surface area contributed by atoms with Gasteiger partial charge < -0.3 is 9.84 Å². The van der Waals surface area contributed by atoms with Crippen LogP contribution in [0.25, 0.3) is 0 Å². The van der Waals surface area contributed by atoms with E-state index < -0.39 is 4.92 Å². The fourth-order valence-electron chi connectivity index (χ4n) is 1.51. The van der Waals surface area contributed by atoms with Crippen molar-refractivity contribution in [2.45, 2.75) is 6.61 Å². The number of nitro groups is 1. The molecular weight excluding hydrogens is 358 g/mol. The van der Waals surface area contributed by atoms with Crippen molar-refractivity contribution in [1.29, 1.82) is 0 Å². The number of aliphatic hydroxyl groups is 1. The van der Waals surface area contributed by atoms with Crippen molar-refractivity contribution in [1.82, 2.24) is 0 Å². The van der Waals surface area contributed by atoms with Crippen molar-refractivity contribution in [3.8, 4) is 17.6 Å². The zero-order valence-electron chi connectivity index (χ0n) is 10.7. The van der Waals surface area contributed by atoms with Crippen LogP contribution in [-0.2, 0) is 6.61 Å². The number of ether oxygens (including phenoxy) is 1. The van der Waals surface area contributed by atoms with Crippen LogP contribution >= 0.6 is 27.3 Å². The molecule has 0 atom stereocenters. The van der Waals surface area contributed by atoms with E-state index in [1.54, 1.807) is 6.07 Å². The van der Waals surface area contributed by atoms with E-state index in [4.69, 9.17) is 9.84 Å². The molecule has 1 N–H and O–H groups in total. The van der Waals surface area contributed by atoms with Crippen LogP contribution in [0.1, 0.15) is 9.75 Å². The number of halogens is 1. The predicted molar refractivity (Wildman–Crippen MR) is 83.4 cm³/mol. The third kappa shape index (κ3) is 4.29. The van der Waals surface area contributed by atoms with Gasteiger partial charge in [0, 0.05) is 10.9 Å². The van der Waals surface area contributed by atoms with E-state index in [-0.39, 0.29) is 12.3 Å². The monoisotopic (exact) mass is 367 g/mol. The first-order valence-electron chi connectivity index (χ1n) is 5.85. The number of nitrogens with zero attached hydrogens (tertiary/aromatic N) is 1. The van der Waals surface area contributed by atoms with Crippen molar-refractivity contribution in [3.63, 3.8) is 0 Å². The van der Waals surface area contributed by atoms with Gasteiger partial charge in [0.25, 0.3) is 5.69 Å². The second-order valence-electron chi connectivity index (χ2n) is 3.89. The van der Waals surface area contributed by atoms with Gasteiger partial charge in [-0.3, -0.25) is 10.1 Å². The van der Waals surface area contributed by atoms with Crippen LogP contribution in [0.3, 0.4) is 0 Å². The maximum absolute atomic E-state index is 10.7. The quantitative estimate of drug-likeness (QED) is 0.510. The third-order valence-corrected chi connectivity index (χ3v) is 4.08. The van der Waals surface area contributed by atoms with Crippen LogP contribution in [0.5, 0.6) is 5.75 Å². The average molecular weight is 368 g/mol. The highest BCUT2D eigenvalue weighted by atomic mass is 79.9. The number of hydrogen-bond donors (Lipinski definition) is 1. The molecule has 7 heteroatoms. The minimum atomic E-state index is -0.465. The zero-order valence-corrected chi connectivity index (χ0v) is 13.1. The van der Waals surface area contributed by atoms with Gasteiger partial charge in [0.05, 0.1) is 20.3 Å².